The third kappa shape index (κ3) is 3.55. The first-order chi connectivity index (χ1) is 7.19. The van der Waals surface area contributed by atoms with Gasteiger partial charge in [-0.25, -0.2) is 0 Å². The van der Waals surface area contributed by atoms with Crippen LogP contribution in [0.5, 0.6) is 0 Å². The summed E-state index contributed by atoms with van der Waals surface area (Å²) >= 11 is 0. The summed E-state index contributed by atoms with van der Waals surface area (Å²) in [6, 6.07) is 0.945. The standard InChI is InChI=1S/C11H22N2O2/c1-10-8-12(5-7-15)9-11(2)13(10)4-3-6-14/h7,10-11,14H,3-6,8-9H2,1-2H3/t10-,11+. The van der Waals surface area contributed by atoms with Crippen LogP contribution < -0.4 is 0 Å². The average molecular weight is 214 g/mol. The van der Waals surface area contributed by atoms with Gasteiger partial charge in [-0.15, -0.1) is 0 Å². The van der Waals surface area contributed by atoms with Crippen LogP contribution in [0.3, 0.4) is 0 Å². The Balaban J connectivity index is 2.44. The minimum Gasteiger partial charge on any atom is -0.396 e. The lowest BCUT2D eigenvalue weighted by molar-refractivity contribution is -0.109. The van der Waals surface area contributed by atoms with Crippen molar-refractivity contribution >= 4 is 6.29 Å². The normalized spacial score (nSPS) is 29.3. The van der Waals surface area contributed by atoms with Gasteiger partial charge in [0.2, 0.25) is 0 Å². The van der Waals surface area contributed by atoms with Crippen molar-refractivity contribution in [2.75, 3.05) is 32.8 Å². The highest BCUT2D eigenvalue weighted by Gasteiger charge is 2.28. The highest BCUT2D eigenvalue weighted by atomic mass is 16.3. The number of carbonyl (C=O) groups excluding carboxylic acids is 1. The first kappa shape index (κ1) is 12.6. The van der Waals surface area contributed by atoms with Gasteiger partial charge in [0.15, 0.2) is 0 Å². The zero-order chi connectivity index (χ0) is 11.3. The van der Waals surface area contributed by atoms with Crippen molar-refractivity contribution in [2.24, 2.45) is 0 Å². The molecule has 0 aromatic carbocycles. The maximum atomic E-state index is 10.5. The predicted octanol–water partition coefficient (Wildman–Crippen LogP) is -0.0377. The summed E-state index contributed by atoms with van der Waals surface area (Å²) in [5.41, 5.74) is 0. The smallest absolute Gasteiger partial charge is 0.133 e. The number of hydrogen-bond acceptors (Lipinski definition) is 4. The minimum absolute atomic E-state index is 0.258. The van der Waals surface area contributed by atoms with Crippen molar-refractivity contribution in [3.8, 4) is 0 Å². The van der Waals surface area contributed by atoms with Gasteiger partial charge in [0.1, 0.15) is 6.29 Å². The maximum absolute atomic E-state index is 10.5. The van der Waals surface area contributed by atoms with Gasteiger partial charge in [-0.3, -0.25) is 9.80 Å². The molecule has 1 saturated heterocycles. The topological polar surface area (TPSA) is 43.8 Å². The number of rotatable bonds is 5. The lowest BCUT2D eigenvalue weighted by Crippen LogP contribution is -2.57. The van der Waals surface area contributed by atoms with Crippen LogP contribution in [-0.2, 0) is 4.79 Å². The van der Waals surface area contributed by atoms with E-state index in [0.717, 1.165) is 32.3 Å². The fourth-order valence-electron chi connectivity index (χ4n) is 2.41. The van der Waals surface area contributed by atoms with E-state index in [4.69, 9.17) is 5.11 Å². The number of aldehydes is 1. The number of aliphatic hydroxyl groups excluding tert-OH is 1. The van der Waals surface area contributed by atoms with E-state index in [1.54, 1.807) is 0 Å². The van der Waals surface area contributed by atoms with E-state index >= 15 is 0 Å². The van der Waals surface area contributed by atoms with Gasteiger partial charge in [0, 0.05) is 38.3 Å². The molecule has 0 bridgehead atoms. The number of piperazine rings is 1. The molecule has 1 aliphatic rings. The van der Waals surface area contributed by atoms with Crippen molar-refractivity contribution in [3.63, 3.8) is 0 Å². The molecular formula is C11H22N2O2. The van der Waals surface area contributed by atoms with E-state index in [1.807, 2.05) is 0 Å². The molecule has 1 N–H and O–H groups in total. The second-order valence-corrected chi connectivity index (χ2v) is 4.40. The third-order valence-electron chi connectivity index (χ3n) is 3.08. The Kier molecular flexibility index (Phi) is 5.22. The van der Waals surface area contributed by atoms with E-state index in [1.165, 1.54) is 0 Å². The molecule has 4 nitrogen and oxygen atoms in total. The lowest BCUT2D eigenvalue weighted by atomic mass is 10.1. The number of hydrogen-bond donors (Lipinski definition) is 1. The molecule has 4 heteroatoms. The molecule has 0 saturated carbocycles. The zero-order valence-corrected chi connectivity index (χ0v) is 9.72. The largest absolute Gasteiger partial charge is 0.396 e. The van der Waals surface area contributed by atoms with Crippen LogP contribution in [0.1, 0.15) is 20.3 Å². The molecular weight excluding hydrogens is 192 g/mol. The molecule has 2 atom stereocenters. The number of carbonyl (C=O) groups is 1. The molecule has 0 amide bonds. The molecule has 1 heterocycles. The lowest BCUT2D eigenvalue weighted by Gasteiger charge is -2.44. The van der Waals surface area contributed by atoms with Gasteiger partial charge >= 0.3 is 0 Å². The van der Waals surface area contributed by atoms with Crippen molar-refractivity contribution in [3.05, 3.63) is 0 Å². The number of nitrogens with zero attached hydrogens (tertiary/aromatic N) is 2. The number of aliphatic hydroxyl groups is 1. The van der Waals surface area contributed by atoms with Crippen LogP contribution in [-0.4, -0.2) is 66.1 Å². The van der Waals surface area contributed by atoms with Gasteiger partial charge in [-0.1, -0.05) is 0 Å². The highest BCUT2D eigenvalue weighted by Crippen LogP contribution is 2.15. The van der Waals surface area contributed by atoms with Gasteiger partial charge in [-0.05, 0) is 20.3 Å². The van der Waals surface area contributed by atoms with E-state index in [-0.39, 0.29) is 6.61 Å². The fourth-order valence-corrected chi connectivity index (χ4v) is 2.41. The van der Waals surface area contributed by atoms with Crippen molar-refractivity contribution in [1.82, 2.24) is 9.80 Å². The molecule has 0 aromatic rings. The van der Waals surface area contributed by atoms with Crippen LogP contribution >= 0.6 is 0 Å². The Hall–Kier alpha value is -0.450. The molecule has 1 rings (SSSR count). The van der Waals surface area contributed by atoms with E-state index in [0.29, 0.717) is 18.6 Å². The van der Waals surface area contributed by atoms with E-state index < -0.39 is 0 Å². The molecule has 0 radical (unpaired) electrons. The molecule has 0 aromatic heterocycles. The summed E-state index contributed by atoms with van der Waals surface area (Å²) in [7, 11) is 0. The zero-order valence-electron chi connectivity index (χ0n) is 9.72. The maximum Gasteiger partial charge on any atom is 0.133 e. The highest BCUT2D eigenvalue weighted by molar-refractivity contribution is 5.52. The molecule has 0 spiro atoms. The van der Waals surface area contributed by atoms with Gasteiger partial charge in [0.25, 0.3) is 0 Å². The summed E-state index contributed by atoms with van der Waals surface area (Å²) in [6.07, 6.45) is 1.81. The molecule has 15 heavy (non-hydrogen) atoms. The van der Waals surface area contributed by atoms with Crippen LogP contribution in [0.2, 0.25) is 0 Å². The Bertz CT molecular complexity index is 187. The summed E-state index contributed by atoms with van der Waals surface area (Å²) in [5.74, 6) is 0. The summed E-state index contributed by atoms with van der Waals surface area (Å²) in [5, 5.41) is 8.82. The summed E-state index contributed by atoms with van der Waals surface area (Å²) in [6.45, 7) is 8.03. The minimum atomic E-state index is 0.258. The summed E-state index contributed by atoms with van der Waals surface area (Å²) < 4.78 is 0. The second-order valence-electron chi connectivity index (χ2n) is 4.40. The third-order valence-corrected chi connectivity index (χ3v) is 3.08. The van der Waals surface area contributed by atoms with Crippen molar-refractivity contribution < 1.29 is 9.90 Å². The SMILES string of the molecule is C[C@@H]1CN(CC=O)C[C@H](C)N1CCCO. The first-order valence-electron chi connectivity index (χ1n) is 5.71. The van der Waals surface area contributed by atoms with Crippen molar-refractivity contribution in [1.29, 1.82) is 0 Å². The molecule has 1 fully saturated rings. The fraction of sp³-hybridized carbons (Fsp3) is 0.909. The van der Waals surface area contributed by atoms with Crippen LogP contribution in [0.25, 0.3) is 0 Å². The Labute approximate surface area is 91.9 Å². The van der Waals surface area contributed by atoms with E-state index in [2.05, 4.69) is 23.6 Å². The first-order valence-corrected chi connectivity index (χ1v) is 5.71. The predicted molar refractivity (Wildman–Crippen MR) is 59.8 cm³/mol. The summed E-state index contributed by atoms with van der Waals surface area (Å²) in [4.78, 5) is 15.1. The Morgan fingerprint density at radius 2 is 1.93 bits per heavy atom. The Morgan fingerprint density at radius 3 is 2.40 bits per heavy atom. The molecule has 0 aliphatic carbocycles. The van der Waals surface area contributed by atoms with Crippen molar-refractivity contribution in [2.45, 2.75) is 32.4 Å². The molecule has 1 aliphatic heterocycles. The van der Waals surface area contributed by atoms with Gasteiger partial charge < -0.3 is 9.90 Å². The van der Waals surface area contributed by atoms with Crippen LogP contribution in [0.4, 0.5) is 0 Å². The molecule has 88 valence electrons. The monoisotopic (exact) mass is 214 g/mol. The molecule has 0 unspecified atom stereocenters. The van der Waals surface area contributed by atoms with Crippen LogP contribution in [0.15, 0.2) is 0 Å². The Morgan fingerprint density at radius 1 is 1.33 bits per heavy atom. The second kappa shape index (κ2) is 6.20. The van der Waals surface area contributed by atoms with Gasteiger partial charge in [0.05, 0.1) is 6.54 Å². The quantitative estimate of drug-likeness (QED) is 0.652. The van der Waals surface area contributed by atoms with Gasteiger partial charge in [-0.2, -0.15) is 0 Å². The van der Waals surface area contributed by atoms with E-state index in [9.17, 15) is 4.79 Å². The van der Waals surface area contributed by atoms with Crippen LogP contribution in [0, 0.1) is 0 Å². The average Bonchev–Trinajstić information content (AvgIpc) is 2.17.